The molecule has 0 aromatic carbocycles. The van der Waals surface area contributed by atoms with E-state index in [1.54, 1.807) is 0 Å². The van der Waals surface area contributed by atoms with Crippen molar-refractivity contribution in [2.24, 2.45) is 0 Å². The van der Waals surface area contributed by atoms with Crippen molar-refractivity contribution in [1.82, 2.24) is 3.94 Å². The van der Waals surface area contributed by atoms with Gasteiger partial charge in [-0.25, -0.2) is 0 Å². The van der Waals surface area contributed by atoms with Gasteiger partial charge in [-0.2, -0.15) is 0 Å². The Morgan fingerprint density at radius 3 is 1.38 bits per heavy atom. The quantitative estimate of drug-likeness (QED) is 0.381. The fourth-order valence-electron chi connectivity index (χ4n) is 2.93. The second kappa shape index (κ2) is 12.2. The summed E-state index contributed by atoms with van der Waals surface area (Å²) < 4.78 is 2.52. The molecular formula is C16H35Cl3N2. The summed E-state index contributed by atoms with van der Waals surface area (Å²) in [5, 5.41) is 0. The van der Waals surface area contributed by atoms with E-state index in [9.17, 15) is 0 Å². The summed E-state index contributed by atoms with van der Waals surface area (Å²) in [5.41, 5.74) is -0.182. The zero-order valence-electron chi connectivity index (χ0n) is 14.6. The summed E-state index contributed by atoms with van der Waals surface area (Å²) in [7, 11) is 0. The molecule has 0 aliphatic heterocycles. The van der Waals surface area contributed by atoms with Crippen LogP contribution in [-0.4, -0.2) is 40.1 Å². The van der Waals surface area contributed by atoms with Crippen molar-refractivity contribution in [3.8, 4) is 0 Å². The molecule has 0 amide bonds. The Kier molecular flexibility index (Phi) is 14.0. The van der Waals surface area contributed by atoms with Gasteiger partial charge in [0.2, 0.25) is 0 Å². The molecule has 0 heterocycles. The molecule has 5 heteroatoms. The number of hydrogen-bond acceptors (Lipinski definition) is 1. The number of halogens is 3. The van der Waals surface area contributed by atoms with Gasteiger partial charge in [-0.15, -0.1) is 3.94 Å². The van der Waals surface area contributed by atoms with Crippen molar-refractivity contribution in [2.45, 2.75) is 78.7 Å². The molecule has 0 spiro atoms. The molecular weight excluding hydrogens is 327 g/mol. The second-order valence-electron chi connectivity index (χ2n) is 6.78. The highest BCUT2D eigenvalue weighted by Gasteiger charge is 2.37. The first-order valence-electron chi connectivity index (χ1n) is 8.30. The maximum atomic E-state index is 6.07. The number of rotatable bonds is 12. The van der Waals surface area contributed by atoms with Gasteiger partial charge in [0.05, 0.1) is 31.7 Å². The molecule has 0 aromatic heterocycles. The molecule has 0 aliphatic carbocycles. The van der Waals surface area contributed by atoms with E-state index in [0.29, 0.717) is 0 Å². The Balaban J connectivity index is 0. The third kappa shape index (κ3) is 9.50. The highest BCUT2D eigenvalue weighted by molar-refractivity contribution is 6.34. The van der Waals surface area contributed by atoms with E-state index >= 15 is 0 Å². The average molecular weight is 362 g/mol. The molecule has 130 valence electrons. The van der Waals surface area contributed by atoms with E-state index in [2.05, 4.69) is 34.6 Å². The van der Waals surface area contributed by atoms with Crippen LogP contribution in [0, 0.1) is 0 Å². The molecule has 0 fully saturated rings. The minimum atomic E-state index is -0.182. The van der Waals surface area contributed by atoms with E-state index in [4.69, 9.17) is 23.6 Å². The summed E-state index contributed by atoms with van der Waals surface area (Å²) in [5.74, 6) is 0. The third-order valence-electron chi connectivity index (χ3n) is 4.14. The van der Waals surface area contributed by atoms with Gasteiger partial charge in [0.15, 0.2) is 0 Å². The number of nitrogens with zero attached hydrogens (tertiary/aromatic N) is 2. The van der Waals surface area contributed by atoms with Crippen molar-refractivity contribution >= 4 is 23.6 Å². The van der Waals surface area contributed by atoms with Crippen molar-refractivity contribution in [3.63, 3.8) is 0 Å². The van der Waals surface area contributed by atoms with Gasteiger partial charge in [-0.3, -0.25) is 0 Å². The van der Waals surface area contributed by atoms with E-state index in [1.165, 1.54) is 66.6 Å². The van der Waals surface area contributed by atoms with Gasteiger partial charge < -0.3 is 16.9 Å². The smallest absolute Gasteiger partial charge is 0.0995 e. The molecule has 0 saturated carbocycles. The molecule has 0 unspecified atom stereocenters. The Hall–Kier alpha value is 0.790. The maximum absolute atomic E-state index is 6.07. The summed E-state index contributed by atoms with van der Waals surface area (Å²) in [6, 6.07) is 0. The first-order valence-corrected chi connectivity index (χ1v) is 8.98. The zero-order chi connectivity index (χ0) is 15.6. The lowest BCUT2D eigenvalue weighted by Gasteiger charge is -2.44. The van der Waals surface area contributed by atoms with Gasteiger partial charge in [-0.05, 0) is 56.7 Å². The molecule has 2 nitrogen and oxygen atoms in total. The topological polar surface area (TPSA) is 3.24 Å². The van der Waals surface area contributed by atoms with Crippen LogP contribution >= 0.6 is 23.6 Å². The zero-order valence-corrected chi connectivity index (χ0v) is 16.9. The average Bonchev–Trinajstić information content (AvgIpc) is 2.40. The van der Waals surface area contributed by atoms with Gasteiger partial charge in [0.1, 0.15) is 0 Å². The number of unbranched alkanes of at least 4 members (excludes halogenated alkanes) is 3. The lowest BCUT2D eigenvalue weighted by molar-refractivity contribution is -0.932. The van der Waals surface area contributed by atoms with Gasteiger partial charge >= 0.3 is 0 Å². The Bertz CT molecular complexity index is 224. The Labute approximate surface area is 149 Å². The fourth-order valence-corrected chi connectivity index (χ4v) is 3.03. The molecule has 0 N–H and O–H groups in total. The molecule has 0 aliphatic rings. The summed E-state index contributed by atoms with van der Waals surface area (Å²) in [6.45, 7) is 15.9. The van der Waals surface area contributed by atoms with E-state index in [0.717, 1.165) is 6.54 Å². The molecule has 0 atom stereocenters. The van der Waals surface area contributed by atoms with Gasteiger partial charge in [0, 0.05) is 0 Å². The Morgan fingerprint density at radius 2 is 1.14 bits per heavy atom. The van der Waals surface area contributed by atoms with E-state index in [-0.39, 0.29) is 17.9 Å². The van der Waals surface area contributed by atoms with Crippen LogP contribution in [0.1, 0.15) is 73.1 Å². The van der Waals surface area contributed by atoms with Crippen LogP contribution in [0.25, 0.3) is 0 Å². The molecule has 0 saturated heterocycles. The number of hydrogen-bond donors (Lipinski definition) is 0. The standard InChI is InChI=1S/C16H35Cl2N2.ClH/c1-6-9-12-20(13-10-7-2,14-11-8-3)15-16(4,5)19(17)18;/h6-15H2,1-5H3;1H/q+1;/p-1. The molecule has 0 aromatic rings. The predicted molar refractivity (Wildman–Crippen MR) is 92.1 cm³/mol. The number of quaternary nitrogens is 1. The summed E-state index contributed by atoms with van der Waals surface area (Å²) >= 11 is 12.1. The van der Waals surface area contributed by atoms with Crippen molar-refractivity contribution in [1.29, 1.82) is 0 Å². The molecule has 0 radical (unpaired) electrons. The van der Waals surface area contributed by atoms with Crippen LogP contribution in [0.4, 0.5) is 0 Å². The molecule has 21 heavy (non-hydrogen) atoms. The summed E-state index contributed by atoms with van der Waals surface area (Å²) in [6.07, 6.45) is 7.62. The van der Waals surface area contributed by atoms with Crippen LogP contribution in [0.2, 0.25) is 0 Å². The highest BCUT2D eigenvalue weighted by atomic mass is 35.5. The van der Waals surface area contributed by atoms with Crippen LogP contribution in [0.15, 0.2) is 0 Å². The SMILES string of the molecule is CCCC[N+](CCCC)(CCCC)CC(C)(C)N(Cl)Cl.[Cl-]. The first kappa shape index (κ1) is 24.0. The summed E-state index contributed by atoms with van der Waals surface area (Å²) in [4.78, 5) is 0. The van der Waals surface area contributed by atoms with Crippen LogP contribution < -0.4 is 12.4 Å². The van der Waals surface area contributed by atoms with Gasteiger partial charge in [0.25, 0.3) is 0 Å². The fraction of sp³-hybridized carbons (Fsp3) is 1.00. The van der Waals surface area contributed by atoms with Gasteiger partial charge in [-0.1, -0.05) is 40.0 Å². The predicted octanol–water partition coefficient (Wildman–Crippen LogP) is 2.60. The molecule has 0 bridgehead atoms. The lowest BCUT2D eigenvalue weighted by atomic mass is 10.0. The Morgan fingerprint density at radius 1 is 0.810 bits per heavy atom. The normalized spacial score (nSPS) is 12.6. The van der Waals surface area contributed by atoms with Crippen molar-refractivity contribution in [3.05, 3.63) is 0 Å². The van der Waals surface area contributed by atoms with Crippen LogP contribution in [-0.2, 0) is 0 Å². The largest absolute Gasteiger partial charge is 1.00 e. The van der Waals surface area contributed by atoms with Crippen molar-refractivity contribution < 1.29 is 16.9 Å². The first-order chi connectivity index (χ1) is 9.33. The van der Waals surface area contributed by atoms with Crippen molar-refractivity contribution in [2.75, 3.05) is 26.2 Å². The van der Waals surface area contributed by atoms with E-state index < -0.39 is 0 Å². The monoisotopic (exact) mass is 360 g/mol. The second-order valence-corrected chi connectivity index (χ2v) is 7.63. The maximum Gasteiger partial charge on any atom is 0.0995 e. The third-order valence-corrected chi connectivity index (χ3v) is 5.05. The van der Waals surface area contributed by atoms with Crippen LogP contribution in [0.5, 0.6) is 0 Å². The molecule has 0 rings (SSSR count). The van der Waals surface area contributed by atoms with Crippen LogP contribution in [0.3, 0.4) is 0 Å². The minimum Gasteiger partial charge on any atom is -1.00 e. The lowest BCUT2D eigenvalue weighted by Crippen LogP contribution is -3.00. The minimum absolute atomic E-state index is 0. The van der Waals surface area contributed by atoms with E-state index in [1.807, 2.05) is 0 Å². The highest BCUT2D eigenvalue weighted by Crippen LogP contribution is 2.26.